The van der Waals surface area contributed by atoms with Gasteiger partial charge in [0.05, 0.1) is 28.3 Å². The number of rotatable bonds is 4. The topological polar surface area (TPSA) is 99.3 Å². The number of carbonyl (C=O) groups excluding carboxylic acids is 1. The van der Waals surface area contributed by atoms with E-state index in [1.807, 2.05) is 0 Å². The molecule has 26 heavy (non-hydrogen) atoms. The van der Waals surface area contributed by atoms with Crippen molar-refractivity contribution in [3.8, 4) is 0 Å². The molecule has 1 amide bonds. The first-order valence-corrected chi connectivity index (χ1v) is 7.15. The van der Waals surface area contributed by atoms with E-state index in [1.54, 1.807) is 0 Å². The third kappa shape index (κ3) is 3.90. The molecule has 0 bridgehead atoms. The van der Waals surface area contributed by atoms with Gasteiger partial charge in [-0.05, 0) is 31.2 Å². The fourth-order valence-electron chi connectivity index (χ4n) is 2.29. The lowest BCUT2D eigenvalue weighted by Crippen LogP contribution is -2.25. The van der Waals surface area contributed by atoms with Gasteiger partial charge in [0, 0.05) is 6.20 Å². The molecule has 10 heteroatoms. The molecule has 1 atom stereocenters. The first kappa shape index (κ1) is 19.2. The van der Waals surface area contributed by atoms with Crippen molar-refractivity contribution in [1.29, 1.82) is 0 Å². The highest BCUT2D eigenvalue weighted by Crippen LogP contribution is 2.33. The molecule has 0 fully saturated rings. The van der Waals surface area contributed by atoms with Gasteiger partial charge in [-0.1, -0.05) is 0 Å². The highest BCUT2D eigenvalue weighted by Gasteiger charge is 2.36. The van der Waals surface area contributed by atoms with Gasteiger partial charge in [0.2, 0.25) is 0 Å². The number of anilines is 1. The number of halogens is 4. The van der Waals surface area contributed by atoms with E-state index in [0.717, 1.165) is 12.3 Å². The van der Waals surface area contributed by atoms with Crippen LogP contribution >= 0.6 is 0 Å². The van der Waals surface area contributed by atoms with Crippen LogP contribution in [0.25, 0.3) is 0 Å². The molecule has 6 nitrogen and oxygen atoms in total. The molecule has 0 saturated carbocycles. The van der Waals surface area contributed by atoms with Crippen LogP contribution in [-0.4, -0.2) is 22.0 Å². The second-order valence-electron chi connectivity index (χ2n) is 5.34. The van der Waals surface area contributed by atoms with Crippen LogP contribution in [0.2, 0.25) is 0 Å². The Labute approximate surface area is 143 Å². The van der Waals surface area contributed by atoms with E-state index < -0.39 is 46.5 Å². The number of benzene rings is 1. The summed E-state index contributed by atoms with van der Waals surface area (Å²) in [5, 5.41) is 11.2. The van der Waals surface area contributed by atoms with Crippen molar-refractivity contribution in [2.75, 3.05) is 5.32 Å². The molecule has 0 aliphatic heterocycles. The summed E-state index contributed by atoms with van der Waals surface area (Å²) in [5.74, 6) is -5.13. The minimum Gasteiger partial charge on any atom is -0.481 e. The number of pyridine rings is 1. The van der Waals surface area contributed by atoms with Crippen LogP contribution in [0.4, 0.5) is 23.2 Å². The summed E-state index contributed by atoms with van der Waals surface area (Å²) >= 11 is 0. The Morgan fingerprint density at radius 2 is 1.88 bits per heavy atom. The maximum absolute atomic E-state index is 13.1. The summed E-state index contributed by atoms with van der Waals surface area (Å²) in [5.41, 5.74) is -3.76. The van der Waals surface area contributed by atoms with Crippen LogP contribution in [0.3, 0.4) is 0 Å². The van der Waals surface area contributed by atoms with Gasteiger partial charge in [-0.15, -0.1) is 0 Å². The molecule has 1 unspecified atom stereocenters. The number of nitrogens with one attached hydrogen (secondary N) is 2. The monoisotopic (exact) mass is 372 g/mol. The van der Waals surface area contributed by atoms with Crippen LogP contribution in [0, 0.1) is 5.82 Å². The lowest BCUT2D eigenvalue weighted by molar-refractivity contribution is -0.139. The third-order valence-corrected chi connectivity index (χ3v) is 3.58. The number of aliphatic carboxylic acids is 1. The first-order chi connectivity index (χ1) is 12.0. The molecule has 1 heterocycles. The second-order valence-corrected chi connectivity index (χ2v) is 5.34. The first-order valence-electron chi connectivity index (χ1n) is 7.15. The fraction of sp³-hybridized carbons (Fsp3) is 0.188. The number of carbonyl (C=O) groups is 2. The van der Waals surface area contributed by atoms with Crippen LogP contribution in [0.1, 0.15) is 34.3 Å². The van der Waals surface area contributed by atoms with E-state index in [1.165, 1.54) is 6.92 Å². The maximum atomic E-state index is 13.1. The third-order valence-electron chi connectivity index (χ3n) is 3.58. The molecule has 0 spiro atoms. The summed E-state index contributed by atoms with van der Waals surface area (Å²) in [6, 6.07) is 2.65. The fourth-order valence-corrected chi connectivity index (χ4v) is 2.29. The van der Waals surface area contributed by atoms with Crippen molar-refractivity contribution in [3.63, 3.8) is 0 Å². The molecular weight excluding hydrogens is 360 g/mol. The van der Waals surface area contributed by atoms with E-state index in [9.17, 15) is 31.9 Å². The zero-order chi connectivity index (χ0) is 19.6. The van der Waals surface area contributed by atoms with Crippen molar-refractivity contribution in [3.05, 3.63) is 63.3 Å². The lowest BCUT2D eigenvalue weighted by atomic mass is 10.0. The largest absolute Gasteiger partial charge is 0.481 e. The van der Waals surface area contributed by atoms with Gasteiger partial charge in [0.1, 0.15) is 5.82 Å². The van der Waals surface area contributed by atoms with Gasteiger partial charge in [-0.2, -0.15) is 13.2 Å². The highest BCUT2D eigenvalue weighted by atomic mass is 19.4. The highest BCUT2D eigenvalue weighted by molar-refractivity contribution is 6.06. The van der Waals surface area contributed by atoms with Crippen molar-refractivity contribution in [2.24, 2.45) is 0 Å². The molecule has 0 saturated heterocycles. The maximum Gasteiger partial charge on any atom is 0.417 e. The lowest BCUT2D eigenvalue weighted by Gasteiger charge is -2.15. The Balaban J connectivity index is 2.49. The summed E-state index contributed by atoms with van der Waals surface area (Å²) in [6.45, 7) is 1.18. The van der Waals surface area contributed by atoms with Crippen molar-refractivity contribution in [1.82, 2.24) is 4.98 Å². The predicted molar refractivity (Wildman–Crippen MR) is 82.5 cm³/mol. The number of aromatic amines is 1. The normalized spacial score (nSPS) is 12.5. The number of carboxylic acid groups (broad SMARTS) is 1. The van der Waals surface area contributed by atoms with Gasteiger partial charge < -0.3 is 15.4 Å². The zero-order valence-corrected chi connectivity index (χ0v) is 13.1. The number of hydrogen-bond donors (Lipinski definition) is 3. The number of carboxylic acids is 1. The van der Waals surface area contributed by atoms with E-state index in [2.05, 4.69) is 10.3 Å². The Kier molecular flexibility index (Phi) is 5.15. The predicted octanol–water partition coefficient (Wildman–Crippen LogP) is 2.97. The van der Waals surface area contributed by atoms with E-state index >= 15 is 0 Å². The minimum atomic E-state index is -4.99. The summed E-state index contributed by atoms with van der Waals surface area (Å²) < 4.78 is 52.2. The smallest absolute Gasteiger partial charge is 0.417 e. The van der Waals surface area contributed by atoms with Gasteiger partial charge in [-0.25, -0.2) is 4.39 Å². The molecule has 2 aromatic rings. The van der Waals surface area contributed by atoms with Gasteiger partial charge >= 0.3 is 12.1 Å². The van der Waals surface area contributed by atoms with E-state index in [0.29, 0.717) is 12.1 Å². The summed E-state index contributed by atoms with van der Waals surface area (Å²) in [7, 11) is 0. The number of amides is 1. The quantitative estimate of drug-likeness (QED) is 0.719. The molecule has 2 rings (SSSR count). The summed E-state index contributed by atoms with van der Waals surface area (Å²) in [6.07, 6.45) is -3.88. The Bertz CT molecular complexity index is 921. The minimum absolute atomic E-state index is 0.174. The molecule has 138 valence electrons. The standard InChI is InChI=1S/C16H12F4N2O4/c1-7(15(25)26)12-11(4-5-21-14(12)24)22-13(23)9-3-2-8(17)6-10(9)16(18,19)20/h2-7H,1H3,(H,25,26)(H2,21,22,23,24). The molecule has 0 aliphatic carbocycles. The average molecular weight is 372 g/mol. The number of H-pyrrole nitrogens is 1. The van der Waals surface area contributed by atoms with Gasteiger partial charge in [-0.3, -0.25) is 14.4 Å². The van der Waals surface area contributed by atoms with E-state index in [4.69, 9.17) is 5.11 Å². The molecule has 1 aromatic heterocycles. The SMILES string of the molecule is CC(C(=O)O)c1c(NC(=O)c2ccc(F)cc2C(F)(F)F)cc[nH]c1=O. The van der Waals surface area contributed by atoms with Crippen molar-refractivity contribution in [2.45, 2.75) is 19.0 Å². The van der Waals surface area contributed by atoms with Crippen molar-refractivity contribution >= 4 is 17.6 Å². The van der Waals surface area contributed by atoms with Crippen LogP contribution < -0.4 is 10.9 Å². The van der Waals surface area contributed by atoms with Gasteiger partial charge in [0.25, 0.3) is 11.5 Å². The zero-order valence-electron chi connectivity index (χ0n) is 13.1. The van der Waals surface area contributed by atoms with Crippen LogP contribution in [-0.2, 0) is 11.0 Å². The second kappa shape index (κ2) is 6.98. The Hall–Kier alpha value is -3.17. The molecular formula is C16H12F4N2O4. The van der Waals surface area contributed by atoms with Gasteiger partial charge in [0.15, 0.2) is 0 Å². The Morgan fingerprint density at radius 3 is 2.46 bits per heavy atom. The molecule has 0 aliphatic rings. The molecule has 0 radical (unpaired) electrons. The average Bonchev–Trinajstić information content (AvgIpc) is 2.53. The number of aromatic nitrogens is 1. The van der Waals surface area contributed by atoms with Crippen LogP contribution in [0.15, 0.2) is 35.3 Å². The van der Waals surface area contributed by atoms with Crippen molar-refractivity contribution < 1.29 is 32.3 Å². The summed E-state index contributed by atoms with van der Waals surface area (Å²) in [4.78, 5) is 37.5. The van der Waals surface area contributed by atoms with Crippen LogP contribution in [0.5, 0.6) is 0 Å². The van der Waals surface area contributed by atoms with E-state index in [-0.39, 0.29) is 17.3 Å². The molecule has 3 N–H and O–H groups in total. The molecule has 1 aromatic carbocycles. The number of hydrogen-bond acceptors (Lipinski definition) is 3. The Morgan fingerprint density at radius 1 is 1.23 bits per heavy atom. The number of alkyl halides is 3.